The molecule has 0 saturated carbocycles. The second-order valence-electron chi connectivity index (χ2n) is 8.00. The molecule has 1 fully saturated rings. The highest BCUT2D eigenvalue weighted by atomic mass is 16.6. The molecule has 1 saturated heterocycles. The molecule has 5 heteroatoms. The largest absolute Gasteiger partial charge is 0.444 e. The predicted octanol–water partition coefficient (Wildman–Crippen LogP) is 3.87. The molecule has 0 atom stereocenters. The van der Waals surface area contributed by atoms with Gasteiger partial charge in [0.1, 0.15) is 5.60 Å². The molecule has 144 valence electrons. The van der Waals surface area contributed by atoms with Crippen LogP contribution in [0.25, 0.3) is 0 Å². The topological polar surface area (TPSA) is 49.9 Å². The fourth-order valence-corrected chi connectivity index (χ4v) is 3.33. The molecule has 0 bridgehead atoms. The standard InChI is InChI=1S/C21H32N2O3/c1-17(24)22-15-12-19(13-16-22)23(20(25)26-21(2,3)4)14-8-11-18-9-6-5-7-10-18/h5-7,9-10,19H,8,11-16H2,1-4H3. The maximum absolute atomic E-state index is 12.7. The Morgan fingerprint density at radius 1 is 1.15 bits per heavy atom. The molecule has 5 nitrogen and oxygen atoms in total. The number of hydrogen-bond donors (Lipinski definition) is 0. The van der Waals surface area contributed by atoms with E-state index < -0.39 is 5.60 Å². The number of aryl methyl sites for hydroxylation is 1. The van der Waals surface area contributed by atoms with Crippen molar-refractivity contribution in [3.63, 3.8) is 0 Å². The molecule has 1 aromatic rings. The van der Waals surface area contributed by atoms with Gasteiger partial charge >= 0.3 is 6.09 Å². The summed E-state index contributed by atoms with van der Waals surface area (Å²) in [6.45, 7) is 9.37. The number of carbonyl (C=O) groups excluding carboxylic acids is 2. The molecule has 2 amide bonds. The molecule has 0 spiro atoms. The number of piperidine rings is 1. The van der Waals surface area contributed by atoms with E-state index in [0.29, 0.717) is 19.6 Å². The molecule has 1 heterocycles. The zero-order valence-electron chi connectivity index (χ0n) is 16.5. The number of amides is 2. The minimum atomic E-state index is -0.505. The van der Waals surface area contributed by atoms with Gasteiger partial charge in [-0.3, -0.25) is 4.79 Å². The van der Waals surface area contributed by atoms with Crippen LogP contribution in [0.5, 0.6) is 0 Å². The van der Waals surface area contributed by atoms with Gasteiger partial charge in [-0.25, -0.2) is 4.79 Å². The van der Waals surface area contributed by atoms with Crippen molar-refractivity contribution in [2.45, 2.75) is 65.0 Å². The Kier molecular flexibility index (Phi) is 7.06. The van der Waals surface area contributed by atoms with Crippen LogP contribution in [0, 0.1) is 0 Å². The van der Waals surface area contributed by atoms with Gasteiger partial charge in [-0.15, -0.1) is 0 Å². The maximum atomic E-state index is 12.7. The third-order valence-electron chi connectivity index (χ3n) is 4.69. The lowest BCUT2D eigenvalue weighted by atomic mass is 10.0. The van der Waals surface area contributed by atoms with E-state index in [1.165, 1.54) is 5.56 Å². The summed E-state index contributed by atoms with van der Waals surface area (Å²) >= 11 is 0. The molecule has 1 aliphatic heterocycles. The first-order chi connectivity index (χ1) is 12.3. The molecular weight excluding hydrogens is 328 g/mol. The van der Waals surface area contributed by atoms with Crippen LogP contribution in [0.3, 0.4) is 0 Å². The lowest BCUT2D eigenvalue weighted by molar-refractivity contribution is -0.130. The first kappa shape index (κ1) is 20.3. The van der Waals surface area contributed by atoms with Crippen LogP contribution in [0.2, 0.25) is 0 Å². The summed E-state index contributed by atoms with van der Waals surface area (Å²) in [6.07, 6.45) is 3.21. The first-order valence-electron chi connectivity index (χ1n) is 9.55. The zero-order chi connectivity index (χ0) is 19.2. The van der Waals surface area contributed by atoms with E-state index in [1.54, 1.807) is 6.92 Å². The Morgan fingerprint density at radius 3 is 2.31 bits per heavy atom. The lowest BCUT2D eigenvalue weighted by Gasteiger charge is -2.38. The Balaban J connectivity index is 1.97. The molecule has 0 unspecified atom stereocenters. The average molecular weight is 360 g/mol. The second-order valence-corrected chi connectivity index (χ2v) is 8.00. The average Bonchev–Trinajstić information content (AvgIpc) is 2.58. The summed E-state index contributed by atoms with van der Waals surface area (Å²) in [4.78, 5) is 28.0. The van der Waals surface area contributed by atoms with Crippen molar-refractivity contribution < 1.29 is 14.3 Å². The monoisotopic (exact) mass is 360 g/mol. The van der Waals surface area contributed by atoms with Crippen LogP contribution in [0.4, 0.5) is 4.79 Å². The summed E-state index contributed by atoms with van der Waals surface area (Å²) in [5.41, 5.74) is 0.775. The van der Waals surface area contributed by atoms with E-state index in [4.69, 9.17) is 4.74 Å². The molecule has 0 aliphatic carbocycles. The minimum Gasteiger partial charge on any atom is -0.444 e. The molecule has 0 radical (unpaired) electrons. The predicted molar refractivity (Wildman–Crippen MR) is 103 cm³/mol. The third kappa shape index (κ3) is 6.36. The normalized spacial score (nSPS) is 15.6. The number of rotatable bonds is 5. The van der Waals surface area contributed by atoms with Crippen LogP contribution >= 0.6 is 0 Å². The smallest absolute Gasteiger partial charge is 0.410 e. The van der Waals surface area contributed by atoms with Gasteiger partial charge < -0.3 is 14.5 Å². The van der Waals surface area contributed by atoms with E-state index in [1.807, 2.05) is 48.8 Å². The molecule has 1 aliphatic rings. The number of nitrogens with zero attached hydrogens (tertiary/aromatic N) is 2. The van der Waals surface area contributed by atoms with Crippen molar-refractivity contribution in [3.05, 3.63) is 35.9 Å². The fourth-order valence-electron chi connectivity index (χ4n) is 3.33. The summed E-state index contributed by atoms with van der Waals surface area (Å²) in [5, 5.41) is 0. The zero-order valence-corrected chi connectivity index (χ0v) is 16.5. The second kappa shape index (κ2) is 9.06. The number of ether oxygens (including phenoxy) is 1. The minimum absolute atomic E-state index is 0.108. The Morgan fingerprint density at radius 2 is 1.77 bits per heavy atom. The lowest BCUT2D eigenvalue weighted by Crippen LogP contribution is -2.50. The summed E-state index contributed by atoms with van der Waals surface area (Å²) in [5.74, 6) is 0.108. The van der Waals surface area contributed by atoms with Gasteiger partial charge in [-0.2, -0.15) is 0 Å². The number of carbonyl (C=O) groups is 2. The molecule has 0 N–H and O–H groups in total. The van der Waals surface area contributed by atoms with Crippen molar-refractivity contribution >= 4 is 12.0 Å². The van der Waals surface area contributed by atoms with Gasteiger partial charge in [0.2, 0.25) is 5.91 Å². The summed E-state index contributed by atoms with van der Waals surface area (Å²) in [6, 6.07) is 10.5. The fraction of sp³-hybridized carbons (Fsp3) is 0.619. The summed E-state index contributed by atoms with van der Waals surface area (Å²) < 4.78 is 5.64. The van der Waals surface area contributed by atoms with Crippen molar-refractivity contribution in [3.8, 4) is 0 Å². The highest BCUT2D eigenvalue weighted by Gasteiger charge is 2.31. The number of benzene rings is 1. The Bertz CT molecular complexity index is 587. The van der Waals surface area contributed by atoms with Gasteiger partial charge in [0.05, 0.1) is 0 Å². The van der Waals surface area contributed by atoms with Gasteiger partial charge in [0.25, 0.3) is 0 Å². The SMILES string of the molecule is CC(=O)N1CCC(N(CCCc2ccccc2)C(=O)OC(C)(C)C)CC1. The van der Waals surface area contributed by atoms with Crippen LogP contribution in [0.15, 0.2) is 30.3 Å². The van der Waals surface area contributed by atoms with E-state index in [9.17, 15) is 9.59 Å². The van der Waals surface area contributed by atoms with Gasteiger partial charge in [0, 0.05) is 32.6 Å². The van der Waals surface area contributed by atoms with Gasteiger partial charge in [-0.1, -0.05) is 30.3 Å². The summed E-state index contributed by atoms with van der Waals surface area (Å²) in [7, 11) is 0. The highest BCUT2D eigenvalue weighted by Crippen LogP contribution is 2.21. The van der Waals surface area contributed by atoms with Crippen molar-refractivity contribution in [1.29, 1.82) is 0 Å². The Hall–Kier alpha value is -2.04. The van der Waals surface area contributed by atoms with Crippen LogP contribution in [-0.2, 0) is 16.0 Å². The van der Waals surface area contributed by atoms with Crippen molar-refractivity contribution in [2.24, 2.45) is 0 Å². The van der Waals surface area contributed by atoms with E-state index in [2.05, 4.69) is 12.1 Å². The maximum Gasteiger partial charge on any atom is 0.410 e. The highest BCUT2D eigenvalue weighted by molar-refractivity contribution is 5.73. The van der Waals surface area contributed by atoms with E-state index in [0.717, 1.165) is 25.7 Å². The number of hydrogen-bond acceptors (Lipinski definition) is 3. The molecule has 1 aromatic carbocycles. The molecular formula is C21H32N2O3. The molecule has 2 rings (SSSR count). The first-order valence-corrected chi connectivity index (χ1v) is 9.55. The molecule has 26 heavy (non-hydrogen) atoms. The third-order valence-corrected chi connectivity index (χ3v) is 4.69. The Labute approximate surface area is 157 Å². The van der Waals surface area contributed by atoms with E-state index in [-0.39, 0.29) is 18.0 Å². The van der Waals surface area contributed by atoms with Crippen LogP contribution in [0.1, 0.15) is 52.5 Å². The molecule has 0 aromatic heterocycles. The van der Waals surface area contributed by atoms with Crippen LogP contribution in [-0.4, -0.2) is 53.1 Å². The van der Waals surface area contributed by atoms with E-state index >= 15 is 0 Å². The van der Waals surface area contributed by atoms with Gasteiger partial charge in [0.15, 0.2) is 0 Å². The van der Waals surface area contributed by atoms with Crippen molar-refractivity contribution in [1.82, 2.24) is 9.80 Å². The number of likely N-dealkylation sites (tertiary alicyclic amines) is 1. The van der Waals surface area contributed by atoms with Gasteiger partial charge in [-0.05, 0) is 52.0 Å². The van der Waals surface area contributed by atoms with Crippen LogP contribution < -0.4 is 0 Å². The quantitative estimate of drug-likeness (QED) is 0.801. The van der Waals surface area contributed by atoms with Crippen molar-refractivity contribution in [2.75, 3.05) is 19.6 Å².